The van der Waals surface area contributed by atoms with E-state index in [1.54, 1.807) is 0 Å². The number of carbonyl (C=O) groups is 1. The van der Waals surface area contributed by atoms with Crippen molar-refractivity contribution in [2.24, 2.45) is 0 Å². The molecule has 1 rings (SSSR count). The number of aliphatic carboxylic acids is 1. The highest BCUT2D eigenvalue weighted by Crippen LogP contribution is 2.06. The molecule has 8 nitrogen and oxygen atoms in total. The summed E-state index contributed by atoms with van der Waals surface area (Å²) in [7, 11) is -3.88. The fourth-order valence-corrected chi connectivity index (χ4v) is 1.81. The maximum absolute atomic E-state index is 11.5. The van der Waals surface area contributed by atoms with E-state index in [9.17, 15) is 18.3 Å². The molecule has 4 N–H and O–H groups in total. The van der Waals surface area contributed by atoms with Crippen LogP contribution in [0.5, 0.6) is 0 Å². The number of imidazole rings is 1. The van der Waals surface area contributed by atoms with E-state index in [4.69, 9.17) is 5.11 Å². The first-order valence-corrected chi connectivity index (χ1v) is 5.68. The molecule has 0 spiro atoms. The topological polar surface area (TPSA) is 132 Å². The zero-order chi connectivity index (χ0) is 12.4. The Hall–Kier alpha value is -1.45. The van der Waals surface area contributed by atoms with Crippen molar-refractivity contribution >= 4 is 16.0 Å². The molecule has 0 aliphatic rings. The first-order valence-electron chi connectivity index (χ1n) is 4.19. The molecule has 1 heterocycles. The highest BCUT2D eigenvalue weighted by Gasteiger charge is 2.32. The first-order chi connectivity index (χ1) is 7.26. The molecule has 1 aromatic heterocycles. The second-order valence-corrected chi connectivity index (χ2v) is 5.05. The molecule has 0 bridgehead atoms. The van der Waals surface area contributed by atoms with Gasteiger partial charge in [-0.05, 0) is 6.92 Å². The van der Waals surface area contributed by atoms with Gasteiger partial charge in [0.25, 0.3) is 10.0 Å². The quantitative estimate of drug-likeness (QED) is 0.503. The van der Waals surface area contributed by atoms with Gasteiger partial charge in [-0.1, -0.05) is 0 Å². The molecular weight excluding hydrogens is 238 g/mol. The maximum Gasteiger partial charge on any atom is 0.336 e. The first kappa shape index (κ1) is 12.6. The molecule has 0 saturated heterocycles. The number of carboxylic acids is 1. The molecule has 0 fully saturated rings. The van der Waals surface area contributed by atoms with E-state index in [-0.39, 0.29) is 5.03 Å². The Morgan fingerprint density at radius 3 is 2.75 bits per heavy atom. The number of sulfonamides is 1. The van der Waals surface area contributed by atoms with Gasteiger partial charge in [-0.15, -0.1) is 0 Å². The van der Waals surface area contributed by atoms with Crippen molar-refractivity contribution in [3.05, 3.63) is 12.5 Å². The average Bonchev–Trinajstić information content (AvgIpc) is 2.68. The number of aromatic amines is 1. The van der Waals surface area contributed by atoms with Crippen molar-refractivity contribution in [3.8, 4) is 0 Å². The number of nitrogens with one attached hydrogen (secondary N) is 2. The molecule has 0 amide bonds. The van der Waals surface area contributed by atoms with E-state index in [0.717, 1.165) is 13.1 Å². The van der Waals surface area contributed by atoms with Crippen LogP contribution in [0, 0.1) is 0 Å². The number of H-pyrrole nitrogens is 1. The van der Waals surface area contributed by atoms with Crippen LogP contribution >= 0.6 is 0 Å². The molecule has 0 aromatic carbocycles. The third-order valence-corrected chi connectivity index (χ3v) is 3.16. The van der Waals surface area contributed by atoms with Crippen LogP contribution in [0.3, 0.4) is 0 Å². The SMILES string of the molecule is CC(O)(CNS(=O)(=O)c1cnc[nH]1)C(=O)O. The highest BCUT2D eigenvalue weighted by molar-refractivity contribution is 7.89. The summed E-state index contributed by atoms with van der Waals surface area (Å²) in [5.41, 5.74) is -2.16. The lowest BCUT2D eigenvalue weighted by Crippen LogP contribution is -2.46. The molecular formula is C7H11N3O5S. The van der Waals surface area contributed by atoms with Crippen molar-refractivity contribution < 1.29 is 23.4 Å². The largest absolute Gasteiger partial charge is 0.479 e. The van der Waals surface area contributed by atoms with E-state index >= 15 is 0 Å². The van der Waals surface area contributed by atoms with Crippen molar-refractivity contribution in [2.45, 2.75) is 17.6 Å². The number of nitrogens with zero attached hydrogens (tertiary/aromatic N) is 1. The fraction of sp³-hybridized carbons (Fsp3) is 0.429. The number of rotatable bonds is 5. The van der Waals surface area contributed by atoms with Gasteiger partial charge in [0.15, 0.2) is 10.6 Å². The molecule has 0 aliphatic heterocycles. The molecule has 1 aromatic rings. The van der Waals surface area contributed by atoms with Crippen molar-refractivity contribution in [1.82, 2.24) is 14.7 Å². The fourth-order valence-electron chi connectivity index (χ4n) is 0.779. The van der Waals surface area contributed by atoms with E-state index in [0.29, 0.717) is 0 Å². The van der Waals surface area contributed by atoms with Gasteiger partial charge in [0, 0.05) is 0 Å². The standard InChI is InChI=1S/C7H11N3O5S/c1-7(13,6(11)12)3-10-16(14,15)5-2-8-4-9-5/h2,4,10,13H,3H2,1H3,(H,8,9)(H,11,12). The average molecular weight is 249 g/mol. The number of carboxylic acid groups (broad SMARTS) is 1. The van der Waals surface area contributed by atoms with Crippen molar-refractivity contribution in [1.29, 1.82) is 0 Å². The minimum Gasteiger partial charge on any atom is -0.479 e. The summed E-state index contributed by atoms with van der Waals surface area (Å²) in [6, 6.07) is 0. The van der Waals surface area contributed by atoms with Gasteiger partial charge in [-0.3, -0.25) is 0 Å². The second kappa shape index (κ2) is 4.20. The molecule has 0 aliphatic carbocycles. The summed E-state index contributed by atoms with van der Waals surface area (Å²) < 4.78 is 24.9. The maximum atomic E-state index is 11.5. The minimum absolute atomic E-state index is 0.200. The van der Waals surface area contributed by atoms with Crippen LogP contribution in [0.15, 0.2) is 17.6 Å². The summed E-state index contributed by atoms with van der Waals surface area (Å²) in [5, 5.41) is 17.7. The molecule has 1 unspecified atom stereocenters. The summed E-state index contributed by atoms with van der Waals surface area (Å²) in [6.07, 6.45) is 2.24. The van der Waals surface area contributed by atoms with E-state index < -0.39 is 28.1 Å². The van der Waals surface area contributed by atoms with Gasteiger partial charge >= 0.3 is 5.97 Å². The molecule has 0 radical (unpaired) electrons. The van der Waals surface area contributed by atoms with Crippen molar-refractivity contribution in [2.75, 3.05) is 6.54 Å². The van der Waals surface area contributed by atoms with Gasteiger partial charge in [-0.2, -0.15) is 0 Å². The van der Waals surface area contributed by atoms with Gasteiger partial charge < -0.3 is 15.2 Å². The summed E-state index contributed by atoms with van der Waals surface area (Å²) in [6.45, 7) is 0.356. The van der Waals surface area contributed by atoms with E-state index in [2.05, 4.69) is 9.97 Å². The van der Waals surface area contributed by atoms with Gasteiger partial charge in [0.05, 0.1) is 19.1 Å². The number of hydrogen-bond donors (Lipinski definition) is 4. The number of hydrogen-bond acceptors (Lipinski definition) is 5. The van der Waals surface area contributed by atoms with Crippen LogP contribution < -0.4 is 4.72 Å². The van der Waals surface area contributed by atoms with Crippen LogP contribution in [-0.4, -0.2) is 46.7 Å². The van der Waals surface area contributed by atoms with Gasteiger partial charge in [0.1, 0.15) is 0 Å². The van der Waals surface area contributed by atoms with Crippen molar-refractivity contribution in [3.63, 3.8) is 0 Å². The van der Waals surface area contributed by atoms with E-state index in [1.807, 2.05) is 4.72 Å². The van der Waals surface area contributed by atoms with Crippen LogP contribution in [0.4, 0.5) is 0 Å². The minimum atomic E-state index is -3.88. The van der Waals surface area contributed by atoms with Crippen LogP contribution in [-0.2, 0) is 14.8 Å². The summed E-state index contributed by atoms with van der Waals surface area (Å²) >= 11 is 0. The Balaban J connectivity index is 2.74. The normalized spacial score (nSPS) is 15.6. The molecule has 90 valence electrons. The predicted molar refractivity (Wildman–Crippen MR) is 52.0 cm³/mol. The number of aromatic nitrogens is 2. The molecule has 0 saturated carbocycles. The van der Waals surface area contributed by atoms with Crippen LogP contribution in [0.2, 0.25) is 0 Å². The highest BCUT2D eigenvalue weighted by atomic mass is 32.2. The number of aliphatic hydroxyl groups is 1. The van der Waals surface area contributed by atoms with Gasteiger partial charge in [-0.25, -0.2) is 22.9 Å². The third kappa shape index (κ3) is 2.78. The lowest BCUT2D eigenvalue weighted by Gasteiger charge is -2.17. The molecule has 16 heavy (non-hydrogen) atoms. The Labute approximate surface area is 91.4 Å². The Kier molecular flexibility index (Phi) is 3.31. The van der Waals surface area contributed by atoms with Crippen LogP contribution in [0.25, 0.3) is 0 Å². The lowest BCUT2D eigenvalue weighted by molar-refractivity contribution is -0.155. The van der Waals surface area contributed by atoms with E-state index in [1.165, 1.54) is 6.33 Å². The Morgan fingerprint density at radius 2 is 2.31 bits per heavy atom. The lowest BCUT2D eigenvalue weighted by atomic mass is 10.1. The molecule has 1 atom stereocenters. The zero-order valence-corrected chi connectivity index (χ0v) is 9.15. The van der Waals surface area contributed by atoms with Crippen LogP contribution in [0.1, 0.15) is 6.92 Å². The third-order valence-electron chi connectivity index (χ3n) is 1.83. The predicted octanol–water partition coefficient (Wildman–Crippen LogP) is -1.48. The monoisotopic (exact) mass is 249 g/mol. The van der Waals surface area contributed by atoms with Gasteiger partial charge in [0.2, 0.25) is 0 Å². The molecule has 9 heteroatoms. The Morgan fingerprint density at radius 1 is 1.69 bits per heavy atom. The Bertz CT molecular complexity index is 464. The second-order valence-electron chi connectivity index (χ2n) is 3.32. The smallest absolute Gasteiger partial charge is 0.336 e. The summed E-state index contributed by atoms with van der Waals surface area (Å²) in [4.78, 5) is 16.4. The summed E-state index contributed by atoms with van der Waals surface area (Å²) in [5.74, 6) is -1.51. The zero-order valence-electron chi connectivity index (χ0n) is 8.34.